The minimum absolute atomic E-state index is 0.0340. The van der Waals surface area contributed by atoms with Gasteiger partial charge < -0.3 is 5.11 Å². The molecule has 2 amide bonds. The number of rotatable bonds is 3. The Morgan fingerprint density at radius 3 is 2.15 bits per heavy atom. The molecule has 4 atom stereocenters. The number of carboxylic acid groups (broad SMARTS) is 1. The number of alkyl halides is 3. The molecule has 7 nitrogen and oxygen atoms in total. The van der Waals surface area contributed by atoms with E-state index in [4.69, 9.17) is 9.90 Å². The van der Waals surface area contributed by atoms with Crippen molar-refractivity contribution < 1.29 is 37.5 Å². The van der Waals surface area contributed by atoms with Crippen molar-refractivity contribution in [3.63, 3.8) is 0 Å². The number of carboxylic acids is 1. The van der Waals surface area contributed by atoms with E-state index in [1.807, 2.05) is 36.4 Å². The van der Waals surface area contributed by atoms with Crippen molar-refractivity contribution in [3.8, 4) is 0 Å². The number of hydrogen-bond donors (Lipinski definition) is 1. The number of ketones is 1. The van der Waals surface area contributed by atoms with Crippen molar-refractivity contribution >= 4 is 23.6 Å². The minimum atomic E-state index is -5.08. The lowest BCUT2D eigenvalue weighted by Crippen LogP contribution is -2.50. The number of benzene rings is 1. The van der Waals surface area contributed by atoms with Gasteiger partial charge in [0.25, 0.3) is 0 Å². The van der Waals surface area contributed by atoms with Crippen LogP contribution < -0.4 is 0 Å². The molecule has 4 aliphatic rings. The molecule has 2 bridgehead atoms. The van der Waals surface area contributed by atoms with Crippen LogP contribution in [0.2, 0.25) is 0 Å². The van der Waals surface area contributed by atoms with Gasteiger partial charge in [-0.15, -0.1) is 0 Å². The van der Waals surface area contributed by atoms with Crippen LogP contribution in [0, 0.1) is 11.8 Å². The van der Waals surface area contributed by atoms with Gasteiger partial charge in [0.05, 0.1) is 17.9 Å². The van der Waals surface area contributed by atoms with Crippen LogP contribution in [0.1, 0.15) is 37.7 Å². The van der Waals surface area contributed by atoms with Gasteiger partial charge >= 0.3 is 12.1 Å². The molecule has 3 fully saturated rings. The maximum Gasteiger partial charge on any atom is 0.490 e. The van der Waals surface area contributed by atoms with Crippen LogP contribution in [-0.2, 0) is 25.7 Å². The Labute approximate surface area is 194 Å². The molecule has 10 heteroatoms. The lowest BCUT2D eigenvalue weighted by molar-refractivity contribution is -0.192. The summed E-state index contributed by atoms with van der Waals surface area (Å²) in [5.41, 5.74) is 1.10. The summed E-state index contributed by atoms with van der Waals surface area (Å²) in [7, 11) is 0. The zero-order chi connectivity index (χ0) is 24.6. The van der Waals surface area contributed by atoms with E-state index in [0.717, 1.165) is 31.2 Å². The fraction of sp³-hybridized carbons (Fsp3) is 0.500. The van der Waals surface area contributed by atoms with E-state index in [1.54, 1.807) is 11.0 Å². The summed E-state index contributed by atoms with van der Waals surface area (Å²) in [6.45, 7) is 0.587. The Bertz CT molecular complexity index is 1000. The summed E-state index contributed by atoms with van der Waals surface area (Å²) < 4.78 is 31.7. The average molecular weight is 478 g/mol. The predicted molar refractivity (Wildman–Crippen MR) is 113 cm³/mol. The van der Waals surface area contributed by atoms with Crippen molar-refractivity contribution in [1.82, 2.24) is 9.80 Å². The maximum atomic E-state index is 13.3. The van der Waals surface area contributed by atoms with E-state index in [2.05, 4.69) is 4.90 Å². The molecule has 1 N–H and O–H groups in total. The monoisotopic (exact) mass is 478 g/mol. The van der Waals surface area contributed by atoms with Gasteiger partial charge in [-0.3, -0.25) is 24.2 Å². The van der Waals surface area contributed by atoms with Crippen LogP contribution in [-0.4, -0.2) is 62.8 Å². The smallest absolute Gasteiger partial charge is 0.475 e. The number of nitrogens with zero attached hydrogens (tertiary/aromatic N) is 2. The molecule has 4 unspecified atom stereocenters. The standard InChI is InChI=1S/C22H24N2O3.C2HF3O2/c25-17-12-11-16-18-19(20(17)23(16)13-14-7-3-1-4-8-14)22(27)24(21(18)26)15-9-5-2-6-10-15;3-2(4,5)1(6)7/h1,3-4,7-8,11-12,15-16,18-20H,2,5-6,9-10,13H2;(H,6,7). The zero-order valence-corrected chi connectivity index (χ0v) is 18.3. The van der Waals surface area contributed by atoms with E-state index in [-0.39, 0.29) is 29.7 Å². The fourth-order valence-corrected chi connectivity index (χ4v) is 5.58. The van der Waals surface area contributed by atoms with Crippen LogP contribution >= 0.6 is 0 Å². The Morgan fingerprint density at radius 1 is 0.971 bits per heavy atom. The van der Waals surface area contributed by atoms with Crippen LogP contribution in [0.3, 0.4) is 0 Å². The summed E-state index contributed by atoms with van der Waals surface area (Å²) in [4.78, 5) is 51.8. The van der Waals surface area contributed by atoms with Crippen molar-refractivity contribution in [3.05, 3.63) is 48.0 Å². The van der Waals surface area contributed by atoms with Gasteiger partial charge in [0.1, 0.15) is 0 Å². The summed E-state index contributed by atoms with van der Waals surface area (Å²) in [5, 5.41) is 7.12. The number of imide groups is 1. The highest BCUT2D eigenvalue weighted by atomic mass is 19.4. The molecule has 0 spiro atoms. The lowest BCUT2D eigenvalue weighted by atomic mass is 9.90. The van der Waals surface area contributed by atoms with E-state index in [0.29, 0.717) is 6.54 Å². The molecule has 1 saturated carbocycles. The Morgan fingerprint density at radius 2 is 1.56 bits per heavy atom. The summed E-state index contributed by atoms with van der Waals surface area (Å²) in [6, 6.07) is 9.32. The van der Waals surface area contributed by atoms with Gasteiger partial charge in [-0.1, -0.05) is 55.7 Å². The highest BCUT2D eigenvalue weighted by molar-refractivity contribution is 6.11. The summed E-state index contributed by atoms with van der Waals surface area (Å²) >= 11 is 0. The molecule has 3 aliphatic heterocycles. The van der Waals surface area contributed by atoms with Gasteiger partial charge in [-0.25, -0.2) is 4.79 Å². The molecule has 0 radical (unpaired) electrons. The molecule has 34 heavy (non-hydrogen) atoms. The minimum Gasteiger partial charge on any atom is -0.475 e. The number of halogens is 3. The molecule has 1 aromatic rings. The van der Waals surface area contributed by atoms with E-state index in [9.17, 15) is 27.6 Å². The summed E-state index contributed by atoms with van der Waals surface area (Å²) in [5.74, 6) is -3.89. The first-order chi connectivity index (χ1) is 16.1. The van der Waals surface area contributed by atoms with Crippen LogP contribution in [0.4, 0.5) is 13.2 Å². The number of fused-ring (bicyclic) bond motifs is 5. The largest absolute Gasteiger partial charge is 0.490 e. The molecule has 1 aromatic carbocycles. The van der Waals surface area contributed by atoms with Crippen molar-refractivity contribution in [2.75, 3.05) is 0 Å². The van der Waals surface area contributed by atoms with E-state index >= 15 is 0 Å². The molecule has 2 saturated heterocycles. The lowest BCUT2D eigenvalue weighted by Gasteiger charge is -2.36. The number of hydrogen-bond acceptors (Lipinski definition) is 5. The number of likely N-dealkylation sites (tertiary alicyclic amines) is 1. The molecular weight excluding hydrogens is 453 g/mol. The third kappa shape index (κ3) is 4.38. The van der Waals surface area contributed by atoms with Crippen molar-refractivity contribution in [1.29, 1.82) is 0 Å². The van der Waals surface area contributed by atoms with Gasteiger partial charge in [0.15, 0.2) is 5.78 Å². The number of amides is 2. The molecule has 3 heterocycles. The first-order valence-electron chi connectivity index (χ1n) is 11.3. The first-order valence-corrected chi connectivity index (χ1v) is 11.3. The topological polar surface area (TPSA) is 95.0 Å². The highest BCUT2D eigenvalue weighted by Crippen LogP contribution is 2.47. The van der Waals surface area contributed by atoms with Crippen LogP contribution in [0.25, 0.3) is 0 Å². The molecular formula is C24H25F3N2O5. The number of carbonyl (C=O) groups is 4. The van der Waals surface area contributed by atoms with Gasteiger partial charge in [0, 0.05) is 18.6 Å². The molecule has 182 valence electrons. The Kier molecular flexibility index (Phi) is 6.62. The van der Waals surface area contributed by atoms with Crippen molar-refractivity contribution in [2.24, 2.45) is 11.8 Å². The summed E-state index contributed by atoms with van der Waals surface area (Å²) in [6.07, 6.45) is 3.48. The van der Waals surface area contributed by atoms with Crippen LogP contribution in [0.15, 0.2) is 42.5 Å². The normalized spacial score (nSPS) is 29.1. The third-order valence-corrected chi connectivity index (χ3v) is 7.02. The number of carbonyl (C=O) groups excluding carboxylic acids is 3. The van der Waals surface area contributed by atoms with Crippen molar-refractivity contribution in [2.45, 2.75) is 63.0 Å². The fourth-order valence-electron chi connectivity index (χ4n) is 5.58. The Balaban J connectivity index is 0.000000344. The molecule has 0 aromatic heterocycles. The van der Waals surface area contributed by atoms with Gasteiger partial charge in [-0.05, 0) is 24.5 Å². The van der Waals surface area contributed by atoms with Crippen LogP contribution in [0.5, 0.6) is 0 Å². The molecule has 5 rings (SSSR count). The average Bonchev–Trinajstić information content (AvgIpc) is 3.18. The molecule has 1 aliphatic carbocycles. The van der Waals surface area contributed by atoms with E-state index < -0.39 is 30.0 Å². The second kappa shape index (κ2) is 9.32. The van der Waals surface area contributed by atoms with E-state index in [1.165, 1.54) is 6.42 Å². The Hall–Kier alpha value is -3.01. The highest BCUT2D eigenvalue weighted by Gasteiger charge is 2.64. The predicted octanol–water partition coefficient (Wildman–Crippen LogP) is 2.95. The van der Waals surface area contributed by atoms with Gasteiger partial charge in [0.2, 0.25) is 11.8 Å². The quantitative estimate of drug-likeness (QED) is 0.672. The third-order valence-electron chi connectivity index (χ3n) is 7.02. The van der Waals surface area contributed by atoms with Gasteiger partial charge in [-0.2, -0.15) is 13.2 Å². The number of aliphatic carboxylic acids is 1. The second-order valence-corrected chi connectivity index (χ2v) is 9.05. The maximum absolute atomic E-state index is 13.3. The zero-order valence-electron chi connectivity index (χ0n) is 18.3. The second-order valence-electron chi connectivity index (χ2n) is 9.05. The SMILES string of the molecule is O=C(O)C(F)(F)F.O=C1C=CC2C3C(=O)N(C4CCCCC4)C(=O)C3C1N2Cc1ccccc1. The first kappa shape index (κ1) is 24.1.